The van der Waals surface area contributed by atoms with Crippen LogP contribution >= 0.6 is 15.9 Å². The summed E-state index contributed by atoms with van der Waals surface area (Å²) in [5.74, 6) is -1.81. The minimum absolute atomic E-state index is 0.166. The van der Waals surface area contributed by atoms with Gasteiger partial charge in [0.15, 0.2) is 0 Å². The molecule has 0 heterocycles. The molecule has 0 aromatic heterocycles. The molecule has 2 N–H and O–H groups in total. The van der Waals surface area contributed by atoms with E-state index in [0.717, 1.165) is 17.7 Å². The molecular weight excluding hydrogens is 331 g/mol. The van der Waals surface area contributed by atoms with Crippen molar-refractivity contribution in [2.75, 3.05) is 0 Å². The maximum Gasteiger partial charge on any atom is 0.132 e. The molecule has 2 aromatic rings. The van der Waals surface area contributed by atoms with Gasteiger partial charge in [-0.25, -0.2) is 13.2 Å². The standard InChI is InChI=1S/C15H13BrF3N/c1-8-2-3-11(17)4-9(8)5-14(20)15-12(18)6-10(16)7-13(15)19/h2-4,6-7,14H,5,20H2,1H3. The van der Waals surface area contributed by atoms with Crippen LogP contribution in [0.5, 0.6) is 0 Å². The van der Waals surface area contributed by atoms with Crippen LogP contribution in [0.25, 0.3) is 0 Å². The summed E-state index contributed by atoms with van der Waals surface area (Å²) in [5, 5.41) is 0. The number of hydrogen-bond donors (Lipinski definition) is 1. The van der Waals surface area contributed by atoms with Gasteiger partial charge in [-0.3, -0.25) is 0 Å². The lowest BCUT2D eigenvalue weighted by Gasteiger charge is -2.16. The Morgan fingerprint density at radius 3 is 2.30 bits per heavy atom. The smallest absolute Gasteiger partial charge is 0.132 e. The fourth-order valence-electron chi connectivity index (χ4n) is 2.11. The summed E-state index contributed by atoms with van der Waals surface area (Å²) in [6, 6.07) is 5.75. The largest absolute Gasteiger partial charge is 0.323 e. The molecule has 5 heteroatoms. The van der Waals surface area contributed by atoms with E-state index in [4.69, 9.17) is 5.73 Å². The van der Waals surface area contributed by atoms with Gasteiger partial charge < -0.3 is 5.73 Å². The molecule has 0 fully saturated rings. The summed E-state index contributed by atoms with van der Waals surface area (Å²) in [6.07, 6.45) is 0.166. The molecule has 0 aliphatic rings. The summed E-state index contributed by atoms with van der Waals surface area (Å²) in [5.41, 5.74) is 7.17. The van der Waals surface area contributed by atoms with Crippen molar-refractivity contribution in [3.63, 3.8) is 0 Å². The van der Waals surface area contributed by atoms with E-state index in [9.17, 15) is 13.2 Å². The van der Waals surface area contributed by atoms with Crippen LogP contribution in [0.2, 0.25) is 0 Å². The van der Waals surface area contributed by atoms with E-state index in [-0.39, 0.29) is 12.0 Å². The Kier molecular flexibility index (Phi) is 4.50. The second-order valence-corrected chi connectivity index (χ2v) is 5.58. The third kappa shape index (κ3) is 3.22. The van der Waals surface area contributed by atoms with Crippen LogP contribution in [0.15, 0.2) is 34.8 Å². The Morgan fingerprint density at radius 1 is 1.10 bits per heavy atom. The predicted octanol–water partition coefficient (Wildman–Crippen LogP) is 4.42. The maximum absolute atomic E-state index is 13.8. The van der Waals surface area contributed by atoms with Gasteiger partial charge in [-0.1, -0.05) is 22.0 Å². The molecule has 0 spiro atoms. The van der Waals surface area contributed by atoms with Crippen molar-refractivity contribution < 1.29 is 13.2 Å². The monoisotopic (exact) mass is 343 g/mol. The van der Waals surface area contributed by atoms with Crippen LogP contribution < -0.4 is 5.73 Å². The van der Waals surface area contributed by atoms with E-state index in [1.54, 1.807) is 13.0 Å². The first-order chi connectivity index (χ1) is 9.38. The zero-order valence-corrected chi connectivity index (χ0v) is 12.3. The van der Waals surface area contributed by atoms with E-state index >= 15 is 0 Å². The summed E-state index contributed by atoms with van der Waals surface area (Å²) < 4.78 is 41.2. The van der Waals surface area contributed by atoms with Gasteiger partial charge in [-0.05, 0) is 48.7 Å². The Labute approximate surface area is 123 Å². The molecule has 0 aliphatic carbocycles. The molecule has 1 nitrogen and oxygen atoms in total. The average molecular weight is 344 g/mol. The first kappa shape index (κ1) is 15.1. The first-order valence-corrected chi connectivity index (χ1v) is 6.83. The van der Waals surface area contributed by atoms with Crippen molar-refractivity contribution in [1.29, 1.82) is 0 Å². The molecule has 1 unspecified atom stereocenters. The first-order valence-electron chi connectivity index (χ1n) is 6.03. The minimum atomic E-state index is -0.872. The number of nitrogens with two attached hydrogens (primary N) is 1. The van der Waals surface area contributed by atoms with Crippen LogP contribution in [0.1, 0.15) is 22.7 Å². The fourth-order valence-corrected chi connectivity index (χ4v) is 2.51. The highest BCUT2D eigenvalue weighted by Gasteiger charge is 2.19. The predicted molar refractivity (Wildman–Crippen MR) is 75.8 cm³/mol. The lowest BCUT2D eigenvalue weighted by molar-refractivity contribution is 0.522. The second kappa shape index (κ2) is 5.97. The molecule has 0 saturated heterocycles. The summed E-state index contributed by atoms with van der Waals surface area (Å²) in [4.78, 5) is 0. The van der Waals surface area contributed by atoms with Crippen LogP contribution in [-0.4, -0.2) is 0 Å². The Morgan fingerprint density at radius 2 is 1.70 bits per heavy atom. The van der Waals surface area contributed by atoms with Crippen LogP contribution in [0.3, 0.4) is 0 Å². The van der Waals surface area contributed by atoms with Crippen molar-refractivity contribution in [3.8, 4) is 0 Å². The number of halogens is 4. The van der Waals surface area contributed by atoms with Gasteiger partial charge in [-0.2, -0.15) is 0 Å². The highest BCUT2D eigenvalue weighted by atomic mass is 79.9. The highest BCUT2D eigenvalue weighted by molar-refractivity contribution is 9.10. The number of benzene rings is 2. The average Bonchev–Trinajstić information content (AvgIpc) is 2.32. The molecule has 0 radical (unpaired) electrons. The third-order valence-electron chi connectivity index (χ3n) is 3.17. The Balaban J connectivity index is 2.33. The van der Waals surface area contributed by atoms with Gasteiger partial charge in [0.25, 0.3) is 0 Å². The van der Waals surface area contributed by atoms with Crippen molar-refractivity contribution in [1.82, 2.24) is 0 Å². The van der Waals surface area contributed by atoms with Gasteiger partial charge in [0, 0.05) is 16.1 Å². The number of rotatable bonds is 3. The highest BCUT2D eigenvalue weighted by Crippen LogP contribution is 2.26. The number of hydrogen-bond acceptors (Lipinski definition) is 1. The molecule has 2 aromatic carbocycles. The molecule has 0 saturated carbocycles. The van der Waals surface area contributed by atoms with Gasteiger partial charge >= 0.3 is 0 Å². The van der Waals surface area contributed by atoms with E-state index in [0.29, 0.717) is 10.0 Å². The van der Waals surface area contributed by atoms with Gasteiger partial charge in [0.2, 0.25) is 0 Å². The summed E-state index contributed by atoms with van der Waals surface area (Å²) in [7, 11) is 0. The molecule has 0 aliphatic heterocycles. The molecule has 0 amide bonds. The van der Waals surface area contributed by atoms with Crippen LogP contribution in [-0.2, 0) is 6.42 Å². The van der Waals surface area contributed by atoms with Crippen molar-refractivity contribution >= 4 is 15.9 Å². The second-order valence-electron chi connectivity index (χ2n) is 4.66. The Hall–Kier alpha value is -1.33. The van der Waals surface area contributed by atoms with Gasteiger partial charge in [-0.15, -0.1) is 0 Å². The lowest BCUT2D eigenvalue weighted by Crippen LogP contribution is -2.17. The van der Waals surface area contributed by atoms with Crippen LogP contribution in [0, 0.1) is 24.4 Å². The van der Waals surface area contributed by atoms with Crippen molar-refractivity contribution in [2.45, 2.75) is 19.4 Å². The summed E-state index contributed by atoms with van der Waals surface area (Å²) in [6.45, 7) is 1.80. The van der Waals surface area contributed by atoms with Gasteiger partial charge in [0.05, 0.1) is 0 Å². The molecule has 2 rings (SSSR count). The Bertz CT molecular complexity index is 620. The summed E-state index contributed by atoms with van der Waals surface area (Å²) >= 11 is 3.01. The molecule has 106 valence electrons. The van der Waals surface area contributed by atoms with Crippen LogP contribution in [0.4, 0.5) is 13.2 Å². The third-order valence-corrected chi connectivity index (χ3v) is 3.62. The zero-order valence-electron chi connectivity index (χ0n) is 10.8. The normalized spacial score (nSPS) is 12.5. The molecule has 20 heavy (non-hydrogen) atoms. The topological polar surface area (TPSA) is 26.0 Å². The quantitative estimate of drug-likeness (QED) is 0.877. The number of aryl methyl sites for hydroxylation is 1. The van der Waals surface area contributed by atoms with Crippen molar-refractivity contribution in [3.05, 3.63) is 68.9 Å². The van der Waals surface area contributed by atoms with Crippen molar-refractivity contribution in [2.24, 2.45) is 5.73 Å². The molecular formula is C15H13BrF3N. The lowest BCUT2D eigenvalue weighted by atomic mass is 9.96. The van der Waals surface area contributed by atoms with Gasteiger partial charge in [0.1, 0.15) is 17.5 Å². The van der Waals surface area contributed by atoms with E-state index in [2.05, 4.69) is 15.9 Å². The van der Waals surface area contributed by atoms with E-state index in [1.165, 1.54) is 12.1 Å². The zero-order chi connectivity index (χ0) is 14.9. The molecule has 1 atom stereocenters. The minimum Gasteiger partial charge on any atom is -0.323 e. The van der Waals surface area contributed by atoms with E-state index < -0.39 is 23.5 Å². The maximum atomic E-state index is 13.8. The SMILES string of the molecule is Cc1ccc(F)cc1CC(N)c1c(F)cc(Br)cc1F. The van der Waals surface area contributed by atoms with E-state index in [1.807, 2.05) is 0 Å². The fraction of sp³-hybridized carbons (Fsp3) is 0.200. The molecule has 0 bridgehead atoms.